The van der Waals surface area contributed by atoms with E-state index in [4.69, 9.17) is 15.5 Å². The van der Waals surface area contributed by atoms with Gasteiger partial charge < -0.3 is 36.6 Å². The number of nitrogens with two attached hydrogens (primary N) is 1. The number of nitrogens with zero attached hydrogens (tertiary/aromatic N) is 6. The Morgan fingerprint density at radius 1 is 1.00 bits per heavy atom. The van der Waals surface area contributed by atoms with E-state index in [2.05, 4.69) is 60.2 Å². The van der Waals surface area contributed by atoms with Crippen LogP contribution in [0.3, 0.4) is 0 Å². The van der Waals surface area contributed by atoms with Gasteiger partial charge in [-0.3, -0.25) is 9.36 Å². The highest BCUT2D eigenvalue weighted by Gasteiger charge is 2.47. The van der Waals surface area contributed by atoms with Gasteiger partial charge in [-0.25, -0.2) is 15.0 Å². The fourth-order valence-electron chi connectivity index (χ4n) is 5.36. The number of aliphatic hydroxyl groups is 2. The molecule has 1 aliphatic heterocycles. The van der Waals surface area contributed by atoms with E-state index in [1.54, 1.807) is 13.1 Å². The lowest BCUT2D eigenvalue weighted by Gasteiger charge is -2.20. The first-order chi connectivity index (χ1) is 21.9. The van der Waals surface area contributed by atoms with Gasteiger partial charge in [-0.2, -0.15) is 9.97 Å². The average Bonchev–Trinajstić information content (AvgIpc) is 3.62. The van der Waals surface area contributed by atoms with E-state index in [1.165, 1.54) is 17.2 Å². The maximum atomic E-state index is 12.5. The first-order valence-electron chi connectivity index (χ1n) is 14.6. The third-order valence-electron chi connectivity index (χ3n) is 7.68. The Hall–Kier alpha value is -5.18. The Morgan fingerprint density at radius 2 is 1.71 bits per heavy atom. The smallest absolute Gasteiger partial charge is 0.252 e. The van der Waals surface area contributed by atoms with Gasteiger partial charge >= 0.3 is 0 Å². The van der Waals surface area contributed by atoms with Crippen LogP contribution in [0, 0.1) is 0 Å². The molecule has 4 atom stereocenters. The number of hydrogen-bond donors (Lipinski definition) is 6. The van der Waals surface area contributed by atoms with Gasteiger partial charge in [-0.05, 0) is 18.1 Å². The number of nitrogens with one attached hydrogen (secondary N) is 3. The monoisotopic (exact) mass is 610 g/mol. The van der Waals surface area contributed by atoms with Gasteiger partial charge in [0, 0.05) is 37.3 Å². The fourth-order valence-corrected chi connectivity index (χ4v) is 5.36. The Kier molecular flexibility index (Phi) is 8.77. The Morgan fingerprint density at radius 3 is 2.38 bits per heavy atom. The molecule has 5 aromatic rings. The number of carbonyl (C=O) groups is 1. The van der Waals surface area contributed by atoms with Crippen LogP contribution >= 0.6 is 0 Å². The molecule has 45 heavy (non-hydrogen) atoms. The van der Waals surface area contributed by atoms with Gasteiger partial charge in [0.15, 0.2) is 29.3 Å². The van der Waals surface area contributed by atoms with Crippen molar-refractivity contribution in [2.24, 2.45) is 0 Å². The Labute approximate surface area is 258 Å². The van der Waals surface area contributed by atoms with Gasteiger partial charge in [0.2, 0.25) is 5.95 Å². The van der Waals surface area contributed by atoms with Crippen LogP contribution in [0.4, 0.5) is 17.6 Å². The molecule has 0 bridgehead atoms. The van der Waals surface area contributed by atoms with Gasteiger partial charge in [-0.15, -0.1) is 0 Å². The van der Waals surface area contributed by atoms with E-state index in [1.807, 2.05) is 36.4 Å². The van der Waals surface area contributed by atoms with E-state index in [-0.39, 0.29) is 18.4 Å². The molecule has 0 spiro atoms. The van der Waals surface area contributed by atoms with Crippen molar-refractivity contribution in [1.82, 2.24) is 34.8 Å². The largest absolute Gasteiger partial charge is 0.387 e. The SMILES string of the molecule is CCNC(=O)[C@H]1O[C@@H](n2cnc3c(NCC(c4ccccc4)c4ccccc4)nc(NCc4cncnc4N)nc32)[C@H](O)[C@@H]1O. The number of fused-ring (bicyclic) bond motifs is 1. The lowest BCUT2D eigenvalue weighted by atomic mass is 9.91. The molecule has 0 radical (unpaired) electrons. The molecule has 0 unspecified atom stereocenters. The van der Waals surface area contributed by atoms with E-state index < -0.39 is 30.4 Å². The zero-order valence-corrected chi connectivity index (χ0v) is 24.5. The topological polar surface area (TPSA) is 198 Å². The van der Waals surface area contributed by atoms with Crippen LogP contribution < -0.4 is 21.7 Å². The third-order valence-corrected chi connectivity index (χ3v) is 7.68. The van der Waals surface area contributed by atoms with Crippen molar-refractivity contribution in [2.75, 3.05) is 29.5 Å². The first-order valence-corrected chi connectivity index (χ1v) is 14.6. The van der Waals surface area contributed by atoms with Gasteiger partial charge in [0.05, 0.1) is 6.33 Å². The minimum absolute atomic E-state index is 0.00912. The molecule has 1 aliphatic rings. The van der Waals surface area contributed by atoms with Crippen LogP contribution in [0.5, 0.6) is 0 Å². The molecule has 14 nitrogen and oxygen atoms in total. The highest BCUT2D eigenvalue weighted by atomic mass is 16.6. The summed E-state index contributed by atoms with van der Waals surface area (Å²) in [5, 5.41) is 30.8. The van der Waals surface area contributed by atoms with Gasteiger partial charge in [-0.1, -0.05) is 60.7 Å². The Bertz CT molecular complexity index is 1710. The number of imidazole rings is 1. The van der Waals surface area contributed by atoms with Crippen molar-refractivity contribution in [3.8, 4) is 0 Å². The summed E-state index contributed by atoms with van der Waals surface area (Å²) >= 11 is 0. The minimum atomic E-state index is -1.45. The standard InChI is InChI=1S/C31H34N10O4/c1-2-34-29(44)25-23(42)24(43)30(45-25)41-17-38-22-27(39-31(40-28(22)41)36-14-20-13-33-16-37-26(20)32)35-15-21(18-9-5-3-6-10-18)19-11-7-4-8-12-19/h3-13,16-17,21,23-25,30,42-43H,2,14-15H2,1H3,(H,34,44)(H2,32,33,37)(H2,35,36,39,40)/t23-,24+,25-,30+/m0/s1. The summed E-state index contributed by atoms with van der Waals surface area (Å²) in [7, 11) is 0. The lowest BCUT2D eigenvalue weighted by Crippen LogP contribution is -2.42. The number of aliphatic hydroxyl groups excluding tert-OH is 2. The Balaban J connectivity index is 1.36. The number of ether oxygens (including phenoxy) is 1. The van der Waals surface area contributed by atoms with Crippen molar-refractivity contribution < 1.29 is 19.7 Å². The second-order valence-corrected chi connectivity index (χ2v) is 10.6. The molecule has 6 rings (SSSR count). The molecular formula is C31H34N10O4. The predicted octanol–water partition coefficient (Wildman–Crippen LogP) is 1.81. The molecule has 3 aromatic heterocycles. The molecular weight excluding hydrogens is 576 g/mol. The number of carbonyl (C=O) groups excluding carboxylic acids is 1. The number of amides is 1. The highest BCUT2D eigenvalue weighted by Crippen LogP contribution is 2.34. The van der Waals surface area contributed by atoms with Crippen LogP contribution in [-0.2, 0) is 16.1 Å². The molecule has 1 fully saturated rings. The number of nitrogen functional groups attached to an aromatic ring is 1. The number of likely N-dealkylation sites (N-methyl/N-ethyl adjacent to an activating group) is 1. The number of aromatic nitrogens is 6. The second-order valence-electron chi connectivity index (χ2n) is 10.6. The lowest BCUT2D eigenvalue weighted by molar-refractivity contribution is -0.137. The van der Waals surface area contributed by atoms with E-state index in [0.717, 1.165) is 11.1 Å². The average molecular weight is 611 g/mol. The summed E-state index contributed by atoms with van der Waals surface area (Å²) in [6, 6.07) is 20.3. The summed E-state index contributed by atoms with van der Waals surface area (Å²) in [6.45, 7) is 2.82. The zero-order valence-electron chi connectivity index (χ0n) is 24.5. The highest BCUT2D eigenvalue weighted by molar-refractivity contribution is 5.85. The zero-order chi connectivity index (χ0) is 31.3. The molecule has 4 heterocycles. The summed E-state index contributed by atoms with van der Waals surface area (Å²) in [6.07, 6.45) is -0.843. The molecule has 1 amide bonds. The maximum Gasteiger partial charge on any atom is 0.252 e. The first kappa shape index (κ1) is 29.9. The maximum absolute atomic E-state index is 12.5. The summed E-state index contributed by atoms with van der Waals surface area (Å²) < 4.78 is 7.36. The van der Waals surface area contributed by atoms with E-state index in [0.29, 0.717) is 41.5 Å². The van der Waals surface area contributed by atoms with E-state index in [9.17, 15) is 15.0 Å². The summed E-state index contributed by atoms with van der Waals surface area (Å²) in [5.74, 6) is 0.461. The number of benzene rings is 2. The fraction of sp³-hybridized carbons (Fsp3) is 0.290. The molecule has 0 saturated carbocycles. The molecule has 0 aliphatic carbocycles. The van der Waals surface area contributed by atoms with Crippen molar-refractivity contribution in [2.45, 2.75) is 43.9 Å². The van der Waals surface area contributed by atoms with Crippen molar-refractivity contribution >= 4 is 34.7 Å². The van der Waals surface area contributed by atoms with Crippen LogP contribution in [0.2, 0.25) is 0 Å². The van der Waals surface area contributed by atoms with Crippen LogP contribution in [0.15, 0.2) is 79.5 Å². The normalized spacial score (nSPS) is 19.6. The summed E-state index contributed by atoms with van der Waals surface area (Å²) in [5.41, 5.74) is 9.64. The number of hydrogen-bond acceptors (Lipinski definition) is 12. The number of rotatable bonds is 11. The molecule has 14 heteroatoms. The van der Waals surface area contributed by atoms with Crippen molar-refractivity contribution in [1.29, 1.82) is 0 Å². The second kappa shape index (κ2) is 13.2. The van der Waals surface area contributed by atoms with Crippen molar-refractivity contribution in [3.05, 3.63) is 96.2 Å². The minimum Gasteiger partial charge on any atom is -0.387 e. The van der Waals surface area contributed by atoms with Crippen LogP contribution in [0.25, 0.3) is 11.2 Å². The number of anilines is 3. The van der Waals surface area contributed by atoms with Gasteiger partial charge in [0.1, 0.15) is 24.4 Å². The van der Waals surface area contributed by atoms with Crippen LogP contribution in [0.1, 0.15) is 35.8 Å². The van der Waals surface area contributed by atoms with Gasteiger partial charge in [0.25, 0.3) is 5.91 Å². The predicted molar refractivity (Wildman–Crippen MR) is 167 cm³/mol. The molecule has 2 aromatic carbocycles. The van der Waals surface area contributed by atoms with Crippen molar-refractivity contribution in [3.63, 3.8) is 0 Å². The molecule has 1 saturated heterocycles. The summed E-state index contributed by atoms with van der Waals surface area (Å²) in [4.78, 5) is 34.6. The van der Waals surface area contributed by atoms with Crippen LogP contribution in [-0.4, -0.2) is 77.0 Å². The quantitative estimate of drug-likeness (QED) is 0.127. The molecule has 232 valence electrons. The van der Waals surface area contributed by atoms with E-state index >= 15 is 0 Å². The molecule has 7 N–H and O–H groups in total. The third kappa shape index (κ3) is 6.24.